The van der Waals surface area contributed by atoms with Crippen molar-refractivity contribution in [2.45, 2.75) is 58.2 Å². The predicted octanol–water partition coefficient (Wildman–Crippen LogP) is 3.70. The van der Waals surface area contributed by atoms with Crippen molar-refractivity contribution in [1.82, 2.24) is 10.2 Å². The molecular weight excluding hydrogens is 263 g/mol. The van der Waals surface area contributed by atoms with Crippen LogP contribution in [0.3, 0.4) is 0 Å². The van der Waals surface area contributed by atoms with Crippen molar-refractivity contribution < 1.29 is 4.39 Å². The molecular formula is C18H27FN2. The highest BCUT2D eigenvalue weighted by Crippen LogP contribution is 2.24. The Morgan fingerprint density at radius 3 is 2.90 bits per heavy atom. The summed E-state index contributed by atoms with van der Waals surface area (Å²) in [6.45, 7) is 6.14. The Labute approximate surface area is 127 Å². The molecule has 1 aromatic rings. The fraction of sp³-hybridized carbons (Fsp3) is 0.667. The lowest BCUT2D eigenvalue weighted by Gasteiger charge is -2.17. The number of rotatable bonds is 7. The van der Waals surface area contributed by atoms with E-state index in [0.717, 1.165) is 37.7 Å². The van der Waals surface area contributed by atoms with E-state index in [1.165, 1.54) is 37.7 Å². The Kier molecular flexibility index (Phi) is 4.91. The summed E-state index contributed by atoms with van der Waals surface area (Å²) in [6.07, 6.45) is 6.43. The summed E-state index contributed by atoms with van der Waals surface area (Å²) in [4.78, 5) is 2.41. The van der Waals surface area contributed by atoms with Crippen LogP contribution in [-0.2, 0) is 13.1 Å². The van der Waals surface area contributed by atoms with E-state index in [0.29, 0.717) is 6.04 Å². The average molecular weight is 290 g/mol. The molecule has 116 valence electrons. The zero-order valence-corrected chi connectivity index (χ0v) is 13.1. The molecule has 3 heteroatoms. The number of hydrogen-bond acceptors (Lipinski definition) is 2. The maximum atomic E-state index is 14.0. The molecule has 2 nitrogen and oxygen atoms in total. The molecule has 1 atom stereocenters. The van der Waals surface area contributed by atoms with Gasteiger partial charge in [0.1, 0.15) is 5.82 Å². The van der Waals surface area contributed by atoms with Crippen molar-refractivity contribution >= 4 is 0 Å². The highest BCUT2D eigenvalue weighted by molar-refractivity contribution is 5.25. The molecule has 2 fully saturated rings. The first-order valence-corrected chi connectivity index (χ1v) is 8.47. The van der Waals surface area contributed by atoms with Crippen molar-refractivity contribution in [1.29, 1.82) is 0 Å². The number of likely N-dealkylation sites (tertiary alicyclic amines) is 1. The molecule has 3 rings (SSSR count). The smallest absolute Gasteiger partial charge is 0.127 e. The Balaban J connectivity index is 1.57. The van der Waals surface area contributed by atoms with Gasteiger partial charge in [0.25, 0.3) is 0 Å². The van der Waals surface area contributed by atoms with Gasteiger partial charge in [-0.05, 0) is 49.8 Å². The van der Waals surface area contributed by atoms with Crippen LogP contribution in [0.2, 0.25) is 0 Å². The van der Waals surface area contributed by atoms with Gasteiger partial charge in [0.05, 0.1) is 0 Å². The number of nitrogens with one attached hydrogen (secondary N) is 1. The molecule has 1 N–H and O–H groups in total. The van der Waals surface area contributed by atoms with Gasteiger partial charge >= 0.3 is 0 Å². The molecule has 1 saturated heterocycles. The fourth-order valence-electron chi connectivity index (χ4n) is 3.35. The second kappa shape index (κ2) is 6.89. The lowest BCUT2D eigenvalue weighted by molar-refractivity contribution is 0.308. The van der Waals surface area contributed by atoms with Crippen LogP contribution in [0.25, 0.3) is 0 Å². The maximum Gasteiger partial charge on any atom is 0.127 e. The zero-order chi connectivity index (χ0) is 14.7. The Hall–Kier alpha value is -0.930. The van der Waals surface area contributed by atoms with Gasteiger partial charge in [0.15, 0.2) is 0 Å². The Morgan fingerprint density at radius 2 is 2.14 bits per heavy atom. The fourth-order valence-corrected chi connectivity index (χ4v) is 3.35. The molecule has 0 radical (unpaired) electrons. The van der Waals surface area contributed by atoms with Crippen LogP contribution in [0, 0.1) is 11.7 Å². The molecule has 2 aliphatic rings. The van der Waals surface area contributed by atoms with Crippen LogP contribution in [0.5, 0.6) is 0 Å². The highest BCUT2D eigenvalue weighted by atomic mass is 19.1. The van der Waals surface area contributed by atoms with E-state index in [1.807, 2.05) is 6.07 Å². The normalized spacial score (nSPS) is 22.9. The van der Waals surface area contributed by atoms with Gasteiger partial charge < -0.3 is 5.32 Å². The van der Waals surface area contributed by atoms with Crippen molar-refractivity contribution in [3.05, 3.63) is 35.1 Å². The quantitative estimate of drug-likeness (QED) is 0.823. The van der Waals surface area contributed by atoms with Crippen molar-refractivity contribution in [2.75, 3.05) is 13.1 Å². The van der Waals surface area contributed by atoms with E-state index in [4.69, 9.17) is 0 Å². The van der Waals surface area contributed by atoms with Crippen molar-refractivity contribution in [3.63, 3.8) is 0 Å². The summed E-state index contributed by atoms with van der Waals surface area (Å²) in [6, 6.07) is 6.31. The van der Waals surface area contributed by atoms with Crippen LogP contribution in [0.4, 0.5) is 4.39 Å². The lowest BCUT2D eigenvalue weighted by Crippen LogP contribution is -2.21. The number of nitrogens with zero attached hydrogens (tertiary/aromatic N) is 1. The third-order valence-electron chi connectivity index (χ3n) is 4.74. The third kappa shape index (κ3) is 4.27. The van der Waals surface area contributed by atoms with E-state index in [2.05, 4.69) is 23.2 Å². The molecule has 1 saturated carbocycles. The van der Waals surface area contributed by atoms with Gasteiger partial charge in [0, 0.05) is 31.2 Å². The van der Waals surface area contributed by atoms with Crippen LogP contribution in [0.15, 0.2) is 18.2 Å². The van der Waals surface area contributed by atoms with E-state index >= 15 is 0 Å². The van der Waals surface area contributed by atoms with Gasteiger partial charge in [-0.15, -0.1) is 0 Å². The van der Waals surface area contributed by atoms with Gasteiger partial charge in [0.2, 0.25) is 0 Å². The molecule has 1 aromatic carbocycles. The van der Waals surface area contributed by atoms with Crippen LogP contribution >= 0.6 is 0 Å². The van der Waals surface area contributed by atoms with Gasteiger partial charge in [-0.2, -0.15) is 0 Å². The minimum absolute atomic E-state index is 0.0517. The molecule has 1 heterocycles. The topological polar surface area (TPSA) is 15.3 Å². The highest BCUT2D eigenvalue weighted by Gasteiger charge is 2.23. The minimum atomic E-state index is -0.0517. The van der Waals surface area contributed by atoms with Crippen LogP contribution < -0.4 is 5.32 Å². The van der Waals surface area contributed by atoms with Crippen molar-refractivity contribution in [3.8, 4) is 0 Å². The summed E-state index contributed by atoms with van der Waals surface area (Å²) in [5.74, 6) is 0.766. The number of benzene rings is 1. The summed E-state index contributed by atoms with van der Waals surface area (Å²) < 4.78 is 14.0. The van der Waals surface area contributed by atoms with E-state index in [-0.39, 0.29) is 5.82 Å². The summed E-state index contributed by atoms with van der Waals surface area (Å²) in [5.41, 5.74) is 2.07. The molecule has 0 spiro atoms. The molecule has 0 amide bonds. The van der Waals surface area contributed by atoms with Crippen LogP contribution in [-0.4, -0.2) is 24.0 Å². The van der Waals surface area contributed by atoms with Gasteiger partial charge in [-0.25, -0.2) is 4.39 Å². The van der Waals surface area contributed by atoms with Crippen molar-refractivity contribution in [2.24, 2.45) is 5.92 Å². The maximum absolute atomic E-state index is 14.0. The third-order valence-corrected chi connectivity index (χ3v) is 4.74. The summed E-state index contributed by atoms with van der Waals surface area (Å²) in [5, 5.41) is 3.50. The molecule has 1 aliphatic carbocycles. The van der Waals surface area contributed by atoms with E-state index in [1.54, 1.807) is 6.07 Å². The summed E-state index contributed by atoms with van der Waals surface area (Å²) in [7, 11) is 0. The molecule has 21 heavy (non-hydrogen) atoms. The largest absolute Gasteiger partial charge is 0.310 e. The molecule has 1 unspecified atom stereocenters. The molecule has 0 aromatic heterocycles. The van der Waals surface area contributed by atoms with E-state index < -0.39 is 0 Å². The first kappa shape index (κ1) is 15.0. The second-order valence-corrected chi connectivity index (χ2v) is 6.76. The molecule has 1 aliphatic heterocycles. The second-order valence-electron chi connectivity index (χ2n) is 6.76. The van der Waals surface area contributed by atoms with Gasteiger partial charge in [-0.1, -0.05) is 25.5 Å². The number of hydrogen-bond donors (Lipinski definition) is 1. The Morgan fingerprint density at radius 1 is 1.29 bits per heavy atom. The minimum Gasteiger partial charge on any atom is -0.310 e. The predicted molar refractivity (Wildman–Crippen MR) is 84.6 cm³/mol. The lowest BCUT2D eigenvalue weighted by atomic mass is 10.0. The molecule has 0 bridgehead atoms. The number of halogens is 1. The average Bonchev–Trinajstić information content (AvgIpc) is 3.21. The zero-order valence-electron chi connectivity index (χ0n) is 13.1. The standard InChI is InChI=1S/C18H27FN2/c1-2-3-14-8-9-21(12-14)13-16-10-15(4-7-18(16)19)11-20-17-5-6-17/h4,7,10,14,17,20H,2-3,5-6,8-9,11-13H2,1H3. The Bertz CT molecular complexity index is 470. The SMILES string of the molecule is CCCC1CCN(Cc2cc(CNC3CC3)ccc2F)C1. The summed E-state index contributed by atoms with van der Waals surface area (Å²) >= 11 is 0. The van der Waals surface area contributed by atoms with E-state index in [9.17, 15) is 4.39 Å². The van der Waals surface area contributed by atoms with Gasteiger partial charge in [-0.3, -0.25) is 4.90 Å². The first-order valence-electron chi connectivity index (χ1n) is 8.47. The first-order chi connectivity index (χ1) is 10.2. The monoisotopic (exact) mass is 290 g/mol. The van der Waals surface area contributed by atoms with Crippen LogP contribution in [0.1, 0.15) is 50.2 Å².